The van der Waals surface area contributed by atoms with Gasteiger partial charge in [0.05, 0.1) is 28.6 Å². The van der Waals surface area contributed by atoms with Gasteiger partial charge in [0.2, 0.25) is 0 Å². The Balaban J connectivity index is 1.73. The molecule has 3 aromatic rings. The number of rotatable bonds is 8. The van der Waals surface area contributed by atoms with Gasteiger partial charge in [-0.2, -0.15) is 0 Å². The maximum absolute atomic E-state index is 13.1. The highest BCUT2D eigenvalue weighted by atomic mass is 32.1. The number of methoxy groups -OCH3 is 1. The number of hydrogen-bond donors (Lipinski definition) is 2. The van der Waals surface area contributed by atoms with Crippen molar-refractivity contribution in [3.8, 4) is 0 Å². The fourth-order valence-electron chi connectivity index (χ4n) is 2.85. The molecule has 0 aliphatic carbocycles. The highest BCUT2D eigenvalue weighted by Gasteiger charge is 2.18. The molecule has 2 aromatic carbocycles. The van der Waals surface area contributed by atoms with Crippen molar-refractivity contribution in [3.05, 3.63) is 81.1 Å². The molecule has 0 bridgehead atoms. The van der Waals surface area contributed by atoms with E-state index in [0.29, 0.717) is 41.4 Å². The van der Waals surface area contributed by atoms with Crippen LogP contribution in [0.5, 0.6) is 0 Å². The van der Waals surface area contributed by atoms with Gasteiger partial charge in [-0.1, -0.05) is 24.3 Å². The number of nitrogens with zero attached hydrogens (tertiary/aromatic N) is 1. The average Bonchev–Trinajstić information content (AvgIpc) is 3.10. The summed E-state index contributed by atoms with van der Waals surface area (Å²) in [5, 5.41) is 6.32. The second-order valence-corrected chi connectivity index (χ2v) is 7.66. The first-order chi connectivity index (χ1) is 14.5. The van der Waals surface area contributed by atoms with E-state index in [1.807, 2.05) is 0 Å². The molecule has 6 nitrogen and oxygen atoms in total. The Hall–Kier alpha value is -3.10. The van der Waals surface area contributed by atoms with Crippen molar-refractivity contribution in [3.63, 3.8) is 0 Å². The predicted molar refractivity (Wildman–Crippen MR) is 115 cm³/mol. The number of carbonyl (C=O) groups is 2. The number of benzene rings is 2. The molecule has 2 N–H and O–H groups in total. The summed E-state index contributed by atoms with van der Waals surface area (Å²) in [5.41, 5.74) is 2.31. The Morgan fingerprint density at radius 1 is 1.10 bits per heavy atom. The van der Waals surface area contributed by atoms with Crippen LogP contribution in [0.2, 0.25) is 0 Å². The number of anilines is 1. The summed E-state index contributed by atoms with van der Waals surface area (Å²) in [4.78, 5) is 30.2. The zero-order chi connectivity index (χ0) is 21.5. The summed E-state index contributed by atoms with van der Waals surface area (Å²) < 4.78 is 18.0. The molecule has 30 heavy (non-hydrogen) atoms. The topological polar surface area (TPSA) is 80.3 Å². The van der Waals surface area contributed by atoms with Crippen LogP contribution in [0.1, 0.15) is 36.3 Å². The summed E-state index contributed by atoms with van der Waals surface area (Å²) in [6.45, 7) is 2.54. The SMILES string of the molecule is COCCNC(=O)c1ccccc1NC(=O)c1sc(Cc2ccc(F)cc2)nc1C. The third kappa shape index (κ3) is 5.49. The van der Waals surface area contributed by atoms with Crippen molar-refractivity contribution < 1.29 is 18.7 Å². The third-order valence-corrected chi connectivity index (χ3v) is 5.48. The molecule has 8 heteroatoms. The van der Waals surface area contributed by atoms with Crippen LogP contribution >= 0.6 is 11.3 Å². The molecular formula is C22H22FN3O3S. The van der Waals surface area contributed by atoms with E-state index < -0.39 is 0 Å². The summed E-state index contributed by atoms with van der Waals surface area (Å²) in [5.74, 6) is -0.910. The van der Waals surface area contributed by atoms with E-state index in [-0.39, 0.29) is 17.6 Å². The molecule has 0 atom stereocenters. The van der Waals surface area contributed by atoms with E-state index in [4.69, 9.17) is 4.74 Å². The molecule has 0 aliphatic heterocycles. The molecular weight excluding hydrogens is 405 g/mol. The van der Waals surface area contributed by atoms with Gasteiger partial charge >= 0.3 is 0 Å². The molecule has 0 aliphatic rings. The molecule has 1 heterocycles. The van der Waals surface area contributed by atoms with Gasteiger partial charge in [-0.25, -0.2) is 9.37 Å². The number of ether oxygens (including phenoxy) is 1. The lowest BCUT2D eigenvalue weighted by atomic mass is 10.1. The first-order valence-electron chi connectivity index (χ1n) is 9.36. The highest BCUT2D eigenvalue weighted by Crippen LogP contribution is 2.23. The Morgan fingerprint density at radius 3 is 2.57 bits per heavy atom. The lowest BCUT2D eigenvalue weighted by Gasteiger charge is -2.11. The van der Waals surface area contributed by atoms with Crippen LogP contribution in [-0.4, -0.2) is 37.1 Å². The average molecular weight is 428 g/mol. The van der Waals surface area contributed by atoms with Gasteiger partial charge in [0.25, 0.3) is 11.8 Å². The minimum Gasteiger partial charge on any atom is -0.383 e. The van der Waals surface area contributed by atoms with Crippen molar-refractivity contribution in [2.45, 2.75) is 13.3 Å². The van der Waals surface area contributed by atoms with Crippen LogP contribution in [-0.2, 0) is 11.2 Å². The van der Waals surface area contributed by atoms with Gasteiger partial charge in [-0.15, -0.1) is 11.3 Å². The Morgan fingerprint density at radius 2 is 1.83 bits per heavy atom. The molecule has 1 aromatic heterocycles. The summed E-state index contributed by atoms with van der Waals surface area (Å²) in [6.07, 6.45) is 0.511. The summed E-state index contributed by atoms with van der Waals surface area (Å²) in [6, 6.07) is 13.0. The zero-order valence-electron chi connectivity index (χ0n) is 16.7. The standard InChI is InChI=1S/C22H22FN3O3S/c1-14-20(30-19(25-14)13-15-7-9-16(23)10-8-15)22(28)26-18-6-4-3-5-17(18)21(27)24-11-12-29-2/h3-10H,11-13H2,1-2H3,(H,24,27)(H,26,28). The van der Waals surface area contributed by atoms with E-state index in [2.05, 4.69) is 15.6 Å². The lowest BCUT2D eigenvalue weighted by Crippen LogP contribution is -2.28. The van der Waals surface area contributed by atoms with Gasteiger partial charge in [0, 0.05) is 20.1 Å². The Kier molecular flexibility index (Phi) is 7.26. The summed E-state index contributed by atoms with van der Waals surface area (Å²) >= 11 is 1.28. The van der Waals surface area contributed by atoms with Crippen molar-refractivity contribution in [1.82, 2.24) is 10.3 Å². The van der Waals surface area contributed by atoms with Crippen LogP contribution in [0.15, 0.2) is 48.5 Å². The summed E-state index contributed by atoms with van der Waals surface area (Å²) in [7, 11) is 1.56. The van der Waals surface area contributed by atoms with Crippen LogP contribution in [0.4, 0.5) is 10.1 Å². The molecule has 0 saturated heterocycles. The van der Waals surface area contributed by atoms with E-state index >= 15 is 0 Å². The number of hydrogen-bond acceptors (Lipinski definition) is 5. The monoisotopic (exact) mass is 427 g/mol. The second-order valence-electron chi connectivity index (χ2n) is 6.57. The highest BCUT2D eigenvalue weighted by molar-refractivity contribution is 7.14. The molecule has 0 spiro atoms. The minimum atomic E-state index is -0.326. The van der Waals surface area contributed by atoms with E-state index in [1.54, 1.807) is 50.4 Å². The predicted octanol–water partition coefficient (Wildman–Crippen LogP) is 3.81. The normalized spacial score (nSPS) is 10.6. The van der Waals surface area contributed by atoms with Gasteiger partial charge in [0.15, 0.2) is 0 Å². The molecule has 0 saturated carbocycles. The number of para-hydroxylation sites is 1. The van der Waals surface area contributed by atoms with Crippen molar-refractivity contribution in [1.29, 1.82) is 0 Å². The molecule has 2 amide bonds. The number of thiazole rings is 1. The van der Waals surface area contributed by atoms with Crippen LogP contribution in [0.3, 0.4) is 0 Å². The Bertz CT molecular complexity index is 1030. The van der Waals surface area contributed by atoms with Crippen molar-refractivity contribution in [2.75, 3.05) is 25.6 Å². The largest absolute Gasteiger partial charge is 0.383 e. The fraction of sp³-hybridized carbons (Fsp3) is 0.227. The van der Waals surface area contributed by atoms with Gasteiger partial charge in [-0.3, -0.25) is 9.59 Å². The van der Waals surface area contributed by atoms with E-state index in [0.717, 1.165) is 10.6 Å². The lowest BCUT2D eigenvalue weighted by molar-refractivity contribution is 0.0938. The fourth-order valence-corrected chi connectivity index (χ4v) is 3.84. The van der Waals surface area contributed by atoms with Crippen LogP contribution in [0.25, 0.3) is 0 Å². The van der Waals surface area contributed by atoms with Gasteiger partial charge in [0.1, 0.15) is 10.7 Å². The van der Waals surface area contributed by atoms with Gasteiger partial charge < -0.3 is 15.4 Å². The van der Waals surface area contributed by atoms with E-state index in [9.17, 15) is 14.0 Å². The van der Waals surface area contributed by atoms with Gasteiger partial charge in [-0.05, 0) is 36.8 Å². The third-order valence-electron chi connectivity index (χ3n) is 4.33. The zero-order valence-corrected chi connectivity index (χ0v) is 17.5. The smallest absolute Gasteiger partial charge is 0.267 e. The van der Waals surface area contributed by atoms with Crippen molar-refractivity contribution >= 4 is 28.8 Å². The number of amides is 2. The number of carbonyl (C=O) groups excluding carboxylic acids is 2. The minimum absolute atomic E-state index is 0.291. The molecule has 156 valence electrons. The number of halogens is 1. The number of aryl methyl sites for hydroxylation is 1. The molecule has 0 radical (unpaired) electrons. The van der Waals surface area contributed by atoms with Crippen molar-refractivity contribution in [2.24, 2.45) is 0 Å². The second kappa shape index (κ2) is 10.1. The number of nitrogens with one attached hydrogen (secondary N) is 2. The van der Waals surface area contributed by atoms with Crippen LogP contribution < -0.4 is 10.6 Å². The molecule has 0 unspecified atom stereocenters. The van der Waals surface area contributed by atoms with E-state index in [1.165, 1.54) is 23.5 Å². The quantitative estimate of drug-likeness (QED) is 0.536. The molecule has 0 fully saturated rings. The number of aromatic nitrogens is 1. The molecule has 3 rings (SSSR count). The first kappa shape index (κ1) is 21.6. The van der Waals surface area contributed by atoms with Crippen LogP contribution in [0, 0.1) is 12.7 Å². The first-order valence-corrected chi connectivity index (χ1v) is 10.2. The maximum atomic E-state index is 13.1. The maximum Gasteiger partial charge on any atom is 0.267 e. The Labute approximate surface area is 178 Å².